The van der Waals surface area contributed by atoms with E-state index in [2.05, 4.69) is 10.6 Å². The number of hydrogen-bond acceptors (Lipinski definition) is 6. The lowest BCUT2D eigenvalue weighted by Crippen LogP contribution is -2.54. The van der Waals surface area contributed by atoms with E-state index in [0.717, 1.165) is 4.88 Å². The summed E-state index contributed by atoms with van der Waals surface area (Å²) < 4.78 is 4.99. The van der Waals surface area contributed by atoms with Crippen LogP contribution in [0, 0.1) is 5.92 Å². The minimum absolute atomic E-state index is 0.0298. The number of thiophene rings is 2. The maximum atomic E-state index is 12.8. The van der Waals surface area contributed by atoms with E-state index in [-0.39, 0.29) is 23.6 Å². The molecule has 3 amide bonds. The van der Waals surface area contributed by atoms with E-state index < -0.39 is 6.04 Å². The molecule has 3 heterocycles. The largest absolute Gasteiger partial charge is 0.383 e. The Morgan fingerprint density at radius 2 is 1.79 bits per heavy atom. The molecule has 1 atom stereocenters. The monoisotopic (exact) mass is 435 g/mol. The summed E-state index contributed by atoms with van der Waals surface area (Å²) in [7, 11) is 1.57. The van der Waals surface area contributed by atoms with Crippen LogP contribution in [0.25, 0.3) is 0 Å². The first kappa shape index (κ1) is 21.5. The van der Waals surface area contributed by atoms with Gasteiger partial charge in [-0.3, -0.25) is 14.4 Å². The zero-order valence-electron chi connectivity index (χ0n) is 16.3. The van der Waals surface area contributed by atoms with Gasteiger partial charge in [-0.05, 0) is 41.7 Å². The van der Waals surface area contributed by atoms with Crippen molar-refractivity contribution in [2.45, 2.75) is 18.9 Å². The fraction of sp³-hybridized carbons (Fsp3) is 0.450. The van der Waals surface area contributed by atoms with Gasteiger partial charge in [-0.2, -0.15) is 0 Å². The molecule has 1 saturated heterocycles. The molecule has 1 aliphatic rings. The number of nitrogens with one attached hydrogen (secondary N) is 2. The fourth-order valence-corrected chi connectivity index (χ4v) is 4.71. The Hall–Kier alpha value is -2.23. The van der Waals surface area contributed by atoms with Crippen molar-refractivity contribution in [1.29, 1.82) is 0 Å². The number of hydrogen-bond donors (Lipinski definition) is 2. The summed E-state index contributed by atoms with van der Waals surface area (Å²) in [6, 6.07) is 6.60. The number of nitrogens with zero attached hydrogens (tertiary/aromatic N) is 1. The number of carbonyl (C=O) groups excluding carboxylic acids is 3. The van der Waals surface area contributed by atoms with Gasteiger partial charge >= 0.3 is 0 Å². The van der Waals surface area contributed by atoms with Gasteiger partial charge in [0.05, 0.1) is 16.4 Å². The maximum absolute atomic E-state index is 12.8. The number of amides is 3. The van der Waals surface area contributed by atoms with Crippen LogP contribution in [0.3, 0.4) is 0 Å². The second-order valence-corrected chi connectivity index (χ2v) is 8.71. The summed E-state index contributed by atoms with van der Waals surface area (Å²) in [4.78, 5) is 41.0. The molecule has 2 aromatic heterocycles. The minimum atomic E-state index is -0.638. The van der Waals surface area contributed by atoms with Crippen LogP contribution in [0.5, 0.6) is 0 Å². The highest BCUT2D eigenvalue weighted by Gasteiger charge is 2.34. The van der Waals surface area contributed by atoms with Gasteiger partial charge in [0.25, 0.3) is 11.8 Å². The molecular weight excluding hydrogens is 410 g/mol. The first-order valence-corrected chi connectivity index (χ1v) is 11.3. The molecule has 1 fully saturated rings. The predicted octanol–water partition coefficient (Wildman–Crippen LogP) is 2.22. The highest BCUT2D eigenvalue weighted by atomic mass is 32.1. The van der Waals surface area contributed by atoms with E-state index in [9.17, 15) is 14.4 Å². The predicted molar refractivity (Wildman–Crippen MR) is 113 cm³/mol. The number of rotatable bonds is 8. The van der Waals surface area contributed by atoms with Crippen LogP contribution >= 0.6 is 22.7 Å². The standard InChI is InChI=1S/C20H25N3O4S2/c1-27-11-8-21-19(25)17(22-18(24)15-4-2-12-28-15)14-6-9-23(10-7-14)20(26)16-5-3-13-29-16/h2-5,12-14,17H,6-11H2,1H3,(H,21,25)(H,22,24)/t17-/m0/s1. The van der Waals surface area contributed by atoms with Crippen molar-refractivity contribution in [3.8, 4) is 0 Å². The molecule has 0 bridgehead atoms. The Bertz CT molecular complexity index is 800. The minimum Gasteiger partial charge on any atom is -0.383 e. The molecule has 2 N–H and O–H groups in total. The van der Waals surface area contributed by atoms with Crippen LogP contribution in [0.1, 0.15) is 32.2 Å². The highest BCUT2D eigenvalue weighted by molar-refractivity contribution is 7.12. The normalized spacial score (nSPS) is 15.7. The molecule has 0 aromatic carbocycles. The second kappa shape index (κ2) is 10.5. The van der Waals surface area contributed by atoms with E-state index >= 15 is 0 Å². The van der Waals surface area contributed by atoms with E-state index in [1.807, 2.05) is 33.9 Å². The van der Waals surface area contributed by atoms with Gasteiger partial charge in [0.15, 0.2) is 0 Å². The van der Waals surface area contributed by atoms with Crippen molar-refractivity contribution < 1.29 is 19.1 Å². The van der Waals surface area contributed by atoms with E-state index in [1.165, 1.54) is 22.7 Å². The second-order valence-electron chi connectivity index (χ2n) is 6.82. The first-order valence-electron chi connectivity index (χ1n) is 9.54. The molecule has 0 unspecified atom stereocenters. The summed E-state index contributed by atoms with van der Waals surface area (Å²) in [5.41, 5.74) is 0. The molecule has 2 aromatic rings. The molecule has 0 aliphatic carbocycles. The molecule has 0 spiro atoms. The average Bonchev–Trinajstić information content (AvgIpc) is 3.46. The van der Waals surface area contributed by atoms with Crippen molar-refractivity contribution in [3.05, 3.63) is 44.8 Å². The molecule has 9 heteroatoms. The summed E-state index contributed by atoms with van der Waals surface area (Å²) in [6.45, 7) is 1.93. The van der Waals surface area contributed by atoms with Crippen LogP contribution in [0.4, 0.5) is 0 Å². The van der Waals surface area contributed by atoms with Gasteiger partial charge in [0, 0.05) is 26.7 Å². The zero-order chi connectivity index (χ0) is 20.6. The molecule has 7 nitrogen and oxygen atoms in total. The summed E-state index contributed by atoms with van der Waals surface area (Å²) in [5, 5.41) is 9.46. The summed E-state index contributed by atoms with van der Waals surface area (Å²) in [6.07, 6.45) is 1.31. The fourth-order valence-electron chi connectivity index (χ4n) is 3.40. The van der Waals surface area contributed by atoms with Crippen LogP contribution in [-0.2, 0) is 9.53 Å². The number of carbonyl (C=O) groups is 3. The molecular formula is C20H25N3O4S2. The van der Waals surface area contributed by atoms with E-state index in [4.69, 9.17) is 4.74 Å². The topological polar surface area (TPSA) is 87.7 Å². The van der Waals surface area contributed by atoms with Crippen LogP contribution in [0.2, 0.25) is 0 Å². The Morgan fingerprint density at radius 3 is 2.38 bits per heavy atom. The molecule has 3 rings (SSSR count). The van der Waals surface area contributed by atoms with Crippen LogP contribution in [-0.4, -0.2) is 62.0 Å². The smallest absolute Gasteiger partial charge is 0.263 e. The van der Waals surface area contributed by atoms with Gasteiger partial charge in [-0.25, -0.2) is 0 Å². The molecule has 0 saturated carbocycles. The Labute approximate surface area is 178 Å². The van der Waals surface area contributed by atoms with Crippen LogP contribution < -0.4 is 10.6 Å². The molecule has 156 valence electrons. The van der Waals surface area contributed by atoms with Gasteiger partial charge < -0.3 is 20.3 Å². The maximum Gasteiger partial charge on any atom is 0.263 e. The van der Waals surface area contributed by atoms with Crippen LogP contribution in [0.15, 0.2) is 35.0 Å². The summed E-state index contributed by atoms with van der Waals surface area (Å²) >= 11 is 2.77. The SMILES string of the molecule is COCCNC(=O)[C@@H](NC(=O)c1cccs1)C1CCN(C(=O)c2cccs2)CC1. The van der Waals surface area contributed by atoms with Gasteiger partial charge in [-0.1, -0.05) is 12.1 Å². The lowest BCUT2D eigenvalue weighted by Gasteiger charge is -2.35. The quantitative estimate of drug-likeness (QED) is 0.623. The average molecular weight is 436 g/mol. The van der Waals surface area contributed by atoms with Crippen molar-refractivity contribution in [3.63, 3.8) is 0 Å². The third-order valence-electron chi connectivity index (χ3n) is 4.95. The Kier molecular flexibility index (Phi) is 7.79. The Morgan fingerprint density at radius 1 is 1.14 bits per heavy atom. The van der Waals surface area contributed by atoms with Crippen molar-refractivity contribution in [1.82, 2.24) is 15.5 Å². The number of piperidine rings is 1. The lowest BCUT2D eigenvalue weighted by molar-refractivity contribution is -0.124. The molecule has 0 radical (unpaired) electrons. The third kappa shape index (κ3) is 5.65. The molecule has 29 heavy (non-hydrogen) atoms. The first-order chi connectivity index (χ1) is 14.1. The van der Waals surface area contributed by atoms with Crippen molar-refractivity contribution >= 4 is 40.4 Å². The summed E-state index contributed by atoms with van der Waals surface area (Å²) in [5.74, 6) is -0.463. The number of ether oxygens (including phenoxy) is 1. The third-order valence-corrected chi connectivity index (χ3v) is 6.68. The number of methoxy groups -OCH3 is 1. The van der Waals surface area contributed by atoms with Gasteiger partial charge in [-0.15, -0.1) is 22.7 Å². The Balaban J connectivity index is 1.63. The van der Waals surface area contributed by atoms with E-state index in [0.29, 0.717) is 44.0 Å². The van der Waals surface area contributed by atoms with Crippen molar-refractivity contribution in [2.75, 3.05) is 33.4 Å². The van der Waals surface area contributed by atoms with Gasteiger partial charge in [0.1, 0.15) is 6.04 Å². The van der Waals surface area contributed by atoms with E-state index in [1.54, 1.807) is 13.2 Å². The lowest BCUT2D eigenvalue weighted by atomic mass is 9.88. The van der Waals surface area contributed by atoms with Gasteiger partial charge in [0.2, 0.25) is 5.91 Å². The number of likely N-dealkylation sites (tertiary alicyclic amines) is 1. The molecule has 1 aliphatic heterocycles. The highest BCUT2D eigenvalue weighted by Crippen LogP contribution is 2.24. The zero-order valence-corrected chi connectivity index (χ0v) is 17.9. The van der Waals surface area contributed by atoms with Crippen molar-refractivity contribution in [2.24, 2.45) is 5.92 Å².